The molecule has 0 saturated heterocycles. The van der Waals surface area contributed by atoms with Crippen LogP contribution in [0.25, 0.3) is 0 Å². The van der Waals surface area contributed by atoms with Crippen LogP contribution in [0, 0.1) is 17.5 Å². The van der Waals surface area contributed by atoms with E-state index in [0.29, 0.717) is 11.9 Å². The molecule has 1 N–H and O–H groups in total. The van der Waals surface area contributed by atoms with Gasteiger partial charge >= 0.3 is 5.97 Å². The molecule has 0 aliphatic carbocycles. The maximum absolute atomic E-state index is 14.2. The van der Waals surface area contributed by atoms with E-state index in [1.165, 1.54) is 6.07 Å². The summed E-state index contributed by atoms with van der Waals surface area (Å²) in [5, 5.41) is 0.0876. The molecule has 0 saturated carbocycles. The van der Waals surface area contributed by atoms with Gasteiger partial charge in [-0.05, 0) is 42.3 Å². The molecule has 0 bridgehead atoms. The van der Waals surface area contributed by atoms with Crippen LogP contribution >= 0.6 is 23.5 Å². The first kappa shape index (κ1) is 16.5. The summed E-state index contributed by atoms with van der Waals surface area (Å²) in [6.07, 6.45) is 0. The number of halogens is 4. The van der Waals surface area contributed by atoms with E-state index in [2.05, 4.69) is 9.46 Å². The summed E-state index contributed by atoms with van der Waals surface area (Å²) >= 11 is 6.45. The molecule has 0 heterocycles. The minimum atomic E-state index is -0.902. The number of anilines is 1. The number of hydrogen-bond acceptors (Lipinski definition) is 4. The van der Waals surface area contributed by atoms with Crippen LogP contribution in [-0.2, 0) is 4.74 Å². The SMILES string of the molecule is COC(=O)c1cc(Cl)cc(NSc2cc(F)ccc2F)c1F. The Balaban J connectivity index is 2.28. The highest BCUT2D eigenvalue weighted by Gasteiger charge is 2.18. The monoisotopic (exact) mass is 347 g/mol. The first-order valence-electron chi connectivity index (χ1n) is 5.87. The van der Waals surface area contributed by atoms with E-state index >= 15 is 0 Å². The predicted octanol–water partition coefficient (Wildman–Crippen LogP) is 4.66. The van der Waals surface area contributed by atoms with E-state index in [4.69, 9.17) is 11.6 Å². The molecular weight excluding hydrogens is 339 g/mol. The van der Waals surface area contributed by atoms with Gasteiger partial charge in [-0.1, -0.05) is 11.6 Å². The van der Waals surface area contributed by atoms with Gasteiger partial charge in [0, 0.05) is 5.02 Å². The highest BCUT2D eigenvalue weighted by Crippen LogP contribution is 2.30. The molecule has 3 nitrogen and oxygen atoms in total. The van der Waals surface area contributed by atoms with Gasteiger partial charge in [-0.2, -0.15) is 0 Å². The fraction of sp³-hybridized carbons (Fsp3) is 0.0714. The van der Waals surface area contributed by atoms with Crippen LogP contribution in [0.2, 0.25) is 5.02 Å². The number of carbonyl (C=O) groups excluding carboxylic acids is 1. The molecule has 0 spiro atoms. The van der Waals surface area contributed by atoms with Gasteiger partial charge < -0.3 is 9.46 Å². The van der Waals surface area contributed by atoms with Crippen LogP contribution in [0.3, 0.4) is 0 Å². The van der Waals surface area contributed by atoms with E-state index in [-0.39, 0.29) is 21.2 Å². The van der Waals surface area contributed by atoms with E-state index in [9.17, 15) is 18.0 Å². The molecule has 0 amide bonds. The lowest BCUT2D eigenvalue weighted by Crippen LogP contribution is -2.06. The van der Waals surface area contributed by atoms with Gasteiger partial charge in [-0.3, -0.25) is 0 Å². The van der Waals surface area contributed by atoms with Crippen molar-refractivity contribution >= 4 is 35.2 Å². The van der Waals surface area contributed by atoms with Crippen LogP contribution in [0.15, 0.2) is 35.2 Å². The molecule has 0 atom stereocenters. The molecule has 2 aromatic rings. The molecule has 0 aliphatic rings. The van der Waals surface area contributed by atoms with Crippen molar-refractivity contribution < 1.29 is 22.7 Å². The van der Waals surface area contributed by atoms with E-state index in [1.54, 1.807) is 0 Å². The van der Waals surface area contributed by atoms with Gasteiger partial charge in [0.15, 0.2) is 5.82 Å². The number of nitrogens with one attached hydrogen (secondary N) is 1. The van der Waals surface area contributed by atoms with Crippen molar-refractivity contribution in [3.63, 3.8) is 0 Å². The van der Waals surface area contributed by atoms with Crippen molar-refractivity contribution in [2.24, 2.45) is 0 Å². The summed E-state index contributed by atoms with van der Waals surface area (Å²) in [5.41, 5.74) is -0.514. The number of rotatable bonds is 4. The second kappa shape index (κ2) is 6.93. The Hall–Kier alpha value is -1.86. The largest absolute Gasteiger partial charge is 0.465 e. The third-order valence-electron chi connectivity index (χ3n) is 2.61. The zero-order chi connectivity index (χ0) is 16.3. The maximum atomic E-state index is 14.2. The molecule has 2 aromatic carbocycles. The Morgan fingerprint density at radius 2 is 1.95 bits per heavy atom. The summed E-state index contributed by atoms with van der Waals surface area (Å²) in [6, 6.07) is 5.20. The quantitative estimate of drug-likeness (QED) is 0.644. The van der Waals surface area contributed by atoms with Gasteiger partial charge in [0.05, 0.1) is 23.3 Å². The number of methoxy groups -OCH3 is 1. The molecule has 22 heavy (non-hydrogen) atoms. The molecule has 8 heteroatoms. The molecule has 0 aliphatic heterocycles. The van der Waals surface area contributed by atoms with E-state index in [0.717, 1.165) is 31.4 Å². The summed E-state index contributed by atoms with van der Waals surface area (Å²) in [6.45, 7) is 0. The van der Waals surface area contributed by atoms with Gasteiger partial charge in [-0.15, -0.1) is 0 Å². The van der Waals surface area contributed by atoms with Gasteiger partial charge in [0.2, 0.25) is 0 Å². The van der Waals surface area contributed by atoms with Crippen molar-refractivity contribution in [1.29, 1.82) is 0 Å². The first-order chi connectivity index (χ1) is 10.4. The molecule has 2 rings (SSSR count). The van der Waals surface area contributed by atoms with Gasteiger partial charge in [-0.25, -0.2) is 18.0 Å². The summed E-state index contributed by atoms with van der Waals surface area (Å²) < 4.78 is 47.7. The fourth-order valence-electron chi connectivity index (χ4n) is 1.59. The number of hydrogen-bond donors (Lipinski definition) is 1. The highest BCUT2D eigenvalue weighted by molar-refractivity contribution is 8.00. The first-order valence-corrected chi connectivity index (χ1v) is 7.07. The third kappa shape index (κ3) is 3.66. The average molecular weight is 348 g/mol. The average Bonchev–Trinajstić information content (AvgIpc) is 2.50. The lowest BCUT2D eigenvalue weighted by molar-refractivity contribution is 0.0595. The van der Waals surface area contributed by atoms with Crippen molar-refractivity contribution in [1.82, 2.24) is 0 Å². The Morgan fingerprint density at radius 1 is 1.23 bits per heavy atom. The molecule has 116 valence electrons. The molecule has 0 radical (unpaired) electrons. The molecule has 0 unspecified atom stereocenters. The van der Waals surface area contributed by atoms with Gasteiger partial charge in [0.1, 0.15) is 11.6 Å². The zero-order valence-corrected chi connectivity index (χ0v) is 12.7. The van der Waals surface area contributed by atoms with E-state index in [1.807, 2.05) is 0 Å². The molecule has 0 fully saturated rings. The minimum Gasteiger partial charge on any atom is -0.465 e. The van der Waals surface area contributed by atoms with E-state index < -0.39 is 23.4 Å². The minimum absolute atomic E-state index is 0.0704. The van der Waals surface area contributed by atoms with Crippen molar-refractivity contribution in [3.8, 4) is 0 Å². The lowest BCUT2D eigenvalue weighted by Gasteiger charge is -2.10. The standard InChI is InChI=1S/C14H9ClF3NO2S/c1-21-14(20)9-4-7(15)5-11(13(9)18)19-22-12-6-8(16)2-3-10(12)17/h2-6,19H,1H3. The van der Waals surface area contributed by atoms with Gasteiger partial charge in [0.25, 0.3) is 0 Å². The van der Waals surface area contributed by atoms with Crippen LogP contribution in [0.5, 0.6) is 0 Å². The number of ether oxygens (including phenoxy) is 1. The summed E-state index contributed by atoms with van der Waals surface area (Å²) in [5.74, 6) is -3.10. The van der Waals surface area contributed by atoms with Crippen LogP contribution < -0.4 is 4.72 Å². The van der Waals surface area contributed by atoms with Crippen molar-refractivity contribution in [2.75, 3.05) is 11.8 Å². The predicted molar refractivity (Wildman–Crippen MR) is 78.6 cm³/mol. The number of benzene rings is 2. The number of carbonyl (C=O) groups is 1. The normalized spacial score (nSPS) is 10.4. The highest BCUT2D eigenvalue weighted by atomic mass is 35.5. The van der Waals surface area contributed by atoms with Crippen molar-refractivity contribution in [3.05, 3.63) is 58.4 Å². The molecular formula is C14H9ClF3NO2S. The Morgan fingerprint density at radius 3 is 2.64 bits per heavy atom. The second-order valence-electron chi connectivity index (χ2n) is 4.09. The second-order valence-corrected chi connectivity index (χ2v) is 5.37. The smallest absolute Gasteiger partial charge is 0.340 e. The Labute approximate surface area is 133 Å². The summed E-state index contributed by atoms with van der Waals surface area (Å²) in [4.78, 5) is 11.4. The summed E-state index contributed by atoms with van der Waals surface area (Å²) in [7, 11) is 1.10. The van der Waals surface area contributed by atoms with Crippen LogP contribution in [0.4, 0.5) is 18.9 Å². The maximum Gasteiger partial charge on any atom is 0.340 e. The zero-order valence-electron chi connectivity index (χ0n) is 11.1. The van der Waals surface area contributed by atoms with Crippen molar-refractivity contribution in [2.45, 2.75) is 4.90 Å². The number of esters is 1. The van der Waals surface area contributed by atoms with Crippen LogP contribution in [0.1, 0.15) is 10.4 Å². The third-order valence-corrected chi connectivity index (χ3v) is 3.68. The molecule has 0 aromatic heterocycles. The topological polar surface area (TPSA) is 38.3 Å². The Bertz CT molecular complexity index is 727. The fourth-order valence-corrected chi connectivity index (χ4v) is 2.51. The Kier molecular flexibility index (Phi) is 5.20. The lowest BCUT2D eigenvalue weighted by atomic mass is 10.2. The van der Waals surface area contributed by atoms with Crippen LogP contribution in [-0.4, -0.2) is 13.1 Å².